The van der Waals surface area contributed by atoms with E-state index in [9.17, 15) is 0 Å². The zero-order valence-corrected chi connectivity index (χ0v) is 17.3. The minimum atomic E-state index is 0.658. The fourth-order valence-corrected chi connectivity index (χ4v) is 3.85. The van der Waals surface area contributed by atoms with Gasteiger partial charge in [-0.2, -0.15) is 0 Å². The van der Waals surface area contributed by atoms with Crippen LogP contribution in [-0.2, 0) is 13.1 Å². The zero-order valence-electron chi connectivity index (χ0n) is 15.7. The van der Waals surface area contributed by atoms with Crippen LogP contribution in [0.1, 0.15) is 18.1 Å². The third-order valence-corrected chi connectivity index (χ3v) is 5.54. The molecule has 0 unspecified atom stereocenters. The van der Waals surface area contributed by atoms with Crippen molar-refractivity contribution in [2.24, 2.45) is 0 Å². The van der Waals surface area contributed by atoms with Gasteiger partial charge in [0.15, 0.2) is 11.5 Å². The molecule has 0 aliphatic carbocycles. The number of nitrogens with one attached hydrogen (secondary N) is 2. The van der Waals surface area contributed by atoms with Crippen LogP contribution in [0.3, 0.4) is 0 Å². The van der Waals surface area contributed by atoms with Crippen molar-refractivity contribution in [1.29, 1.82) is 0 Å². The number of rotatable bonds is 7. The molecule has 2 aromatic carbocycles. The number of quaternary nitrogens is 2. The summed E-state index contributed by atoms with van der Waals surface area (Å²) in [6.07, 6.45) is 0. The van der Waals surface area contributed by atoms with E-state index in [1.807, 2.05) is 13.0 Å². The first-order chi connectivity index (χ1) is 12.7. The van der Waals surface area contributed by atoms with Gasteiger partial charge < -0.3 is 19.3 Å². The van der Waals surface area contributed by atoms with Crippen LogP contribution in [0.4, 0.5) is 0 Å². The third kappa shape index (κ3) is 5.22. The summed E-state index contributed by atoms with van der Waals surface area (Å²) < 4.78 is 12.2. The smallest absolute Gasteiger partial charge is 0.161 e. The fourth-order valence-electron chi connectivity index (χ4n) is 3.59. The molecule has 2 N–H and O–H groups in total. The summed E-state index contributed by atoms with van der Waals surface area (Å²) in [5.74, 6) is 1.67. The SMILES string of the molecule is CCOc1cc(C[NH+]2CC[NH+](Cc3ccc(Br)cc3)CC2)ccc1OC. The van der Waals surface area contributed by atoms with Crippen molar-refractivity contribution in [3.63, 3.8) is 0 Å². The van der Waals surface area contributed by atoms with Crippen LogP contribution in [0.2, 0.25) is 0 Å². The van der Waals surface area contributed by atoms with Crippen LogP contribution in [-0.4, -0.2) is 39.9 Å². The highest BCUT2D eigenvalue weighted by Crippen LogP contribution is 2.27. The second-order valence-corrected chi connectivity index (χ2v) is 7.81. The van der Waals surface area contributed by atoms with Crippen LogP contribution in [0.25, 0.3) is 0 Å². The van der Waals surface area contributed by atoms with Crippen LogP contribution in [0.5, 0.6) is 11.5 Å². The summed E-state index contributed by atoms with van der Waals surface area (Å²) in [6, 6.07) is 15.0. The molecule has 1 aliphatic rings. The van der Waals surface area contributed by atoms with Crippen molar-refractivity contribution < 1.29 is 19.3 Å². The molecule has 0 saturated carbocycles. The second kappa shape index (κ2) is 9.40. The highest BCUT2D eigenvalue weighted by atomic mass is 79.9. The molecule has 1 fully saturated rings. The van der Waals surface area contributed by atoms with Crippen molar-refractivity contribution in [3.05, 3.63) is 58.1 Å². The van der Waals surface area contributed by atoms with Gasteiger partial charge in [0.25, 0.3) is 0 Å². The molecule has 26 heavy (non-hydrogen) atoms. The molecule has 0 amide bonds. The van der Waals surface area contributed by atoms with Crippen molar-refractivity contribution in [1.82, 2.24) is 0 Å². The molecule has 0 spiro atoms. The van der Waals surface area contributed by atoms with E-state index >= 15 is 0 Å². The Kier molecular flexibility index (Phi) is 6.94. The van der Waals surface area contributed by atoms with Crippen LogP contribution in [0, 0.1) is 0 Å². The van der Waals surface area contributed by atoms with Gasteiger partial charge in [0.05, 0.1) is 13.7 Å². The third-order valence-electron chi connectivity index (χ3n) is 5.01. The molecule has 3 rings (SSSR count). The maximum atomic E-state index is 5.71. The molecule has 0 radical (unpaired) electrons. The molecule has 4 nitrogen and oxygen atoms in total. The maximum Gasteiger partial charge on any atom is 0.161 e. The highest BCUT2D eigenvalue weighted by Gasteiger charge is 2.23. The zero-order chi connectivity index (χ0) is 18.4. The van der Waals surface area contributed by atoms with Gasteiger partial charge in [0.2, 0.25) is 0 Å². The molecule has 0 bridgehead atoms. The van der Waals surface area contributed by atoms with E-state index in [-0.39, 0.29) is 0 Å². The van der Waals surface area contributed by atoms with E-state index in [2.05, 4.69) is 52.3 Å². The summed E-state index contributed by atoms with van der Waals surface area (Å²) in [5.41, 5.74) is 2.74. The Labute approximate surface area is 164 Å². The normalized spacial score (nSPS) is 20.0. The standard InChI is InChI=1S/C21H27BrN2O2/c1-3-26-21-14-18(6-9-20(21)25-2)16-24-12-10-23(11-13-24)15-17-4-7-19(22)8-5-17/h4-9,14H,3,10-13,15-16H2,1-2H3/p+2. The Bertz CT molecular complexity index is 698. The number of hydrogen-bond donors (Lipinski definition) is 2. The molecule has 1 saturated heterocycles. The minimum absolute atomic E-state index is 0.658. The van der Waals surface area contributed by atoms with Gasteiger partial charge in [-0.05, 0) is 37.3 Å². The molecular weight excluding hydrogens is 392 g/mol. The predicted octanol–water partition coefficient (Wildman–Crippen LogP) is 1.34. The lowest BCUT2D eigenvalue weighted by molar-refractivity contribution is -1.02. The Morgan fingerprint density at radius 1 is 0.846 bits per heavy atom. The lowest BCUT2D eigenvalue weighted by atomic mass is 10.1. The summed E-state index contributed by atoms with van der Waals surface area (Å²) in [4.78, 5) is 3.33. The average Bonchev–Trinajstić information content (AvgIpc) is 2.66. The average molecular weight is 421 g/mol. The van der Waals surface area contributed by atoms with Gasteiger partial charge in [-0.25, -0.2) is 0 Å². The first kappa shape index (κ1) is 19.2. The molecule has 140 valence electrons. The summed E-state index contributed by atoms with van der Waals surface area (Å²) in [6.45, 7) is 9.70. The number of piperazine rings is 1. The van der Waals surface area contributed by atoms with Crippen molar-refractivity contribution in [2.75, 3.05) is 39.9 Å². The van der Waals surface area contributed by atoms with Crippen LogP contribution < -0.4 is 19.3 Å². The van der Waals surface area contributed by atoms with Crippen molar-refractivity contribution in [2.45, 2.75) is 20.0 Å². The monoisotopic (exact) mass is 420 g/mol. The Morgan fingerprint density at radius 2 is 1.42 bits per heavy atom. The molecule has 5 heteroatoms. The topological polar surface area (TPSA) is 27.3 Å². The van der Waals surface area contributed by atoms with E-state index in [0.717, 1.165) is 29.1 Å². The van der Waals surface area contributed by atoms with E-state index in [4.69, 9.17) is 9.47 Å². The van der Waals surface area contributed by atoms with Gasteiger partial charge in [-0.3, -0.25) is 0 Å². The quantitative estimate of drug-likeness (QED) is 0.706. The number of halogens is 1. The summed E-state index contributed by atoms with van der Waals surface area (Å²) >= 11 is 3.51. The summed E-state index contributed by atoms with van der Waals surface area (Å²) in [7, 11) is 1.69. The Balaban J connectivity index is 1.52. The van der Waals surface area contributed by atoms with E-state index < -0.39 is 0 Å². The van der Waals surface area contributed by atoms with Gasteiger partial charge in [-0.1, -0.05) is 28.1 Å². The Hall–Kier alpha value is -1.56. The molecule has 1 heterocycles. The van der Waals surface area contributed by atoms with E-state index in [1.165, 1.54) is 37.3 Å². The first-order valence-electron chi connectivity index (χ1n) is 9.39. The maximum absolute atomic E-state index is 5.71. The molecule has 0 atom stereocenters. The summed E-state index contributed by atoms with van der Waals surface area (Å²) in [5, 5.41) is 0. The molecule has 2 aromatic rings. The number of hydrogen-bond acceptors (Lipinski definition) is 2. The molecule has 1 aliphatic heterocycles. The van der Waals surface area contributed by atoms with Gasteiger partial charge in [-0.15, -0.1) is 0 Å². The minimum Gasteiger partial charge on any atom is -0.493 e. The second-order valence-electron chi connectivity index (χ2n) is 6.90. The van der Waals surface area contributed by atoms with Crippen LogP contribution >= 0.6 is 15.9 Å². The number of ether oxygens (including phenoxy) is 2. The van der Waals surface area contributed by atoms with Crippen LogP contribution in [0.15, 0.2) is 46.9 Å². The Morgan fingerprint density at radius 3 is 2.00 bits per heavy atom. The largest absolute Gasteiger partial charge is 0.493 e. The van der Waals surface area contributed by atoms with Gasteiger partial charge >= 0.3 is 0 Å². The van der Waals surface area contributed by atoms with Gasteiger partial charge in [0, 0.05) is 15.6 Å². The fraction of sp³-hybridized carbons (Fsp3) is 0.429. The van der Waals surface area contributed by atoms with Crippen molar-refractivity contribution >= 4 is 15.9 Å². The predicted molar refractivity (Wildman–Crippen MR) is 107 cm³/mol. The molecular formula is C21H29BrN2O2+2. The van der Waals surface area contributed by atoms with E-state index in [1.54, 1.807) is 16.9 Å². The number of benzene rings is 2. The lowest BCUT2D eigenvalue weighted by Gasteiger charge is -2.30. The highest BCUT2D eigenvalue weighted by molar-refractivity contribution is 9.10. The van der Waals surface area contributed by atoms with E-state index in [0.29, 0.717) is 6.61 Å². The number of methoxy groups -OCH3 is 1. The first-order valence-corrected chi connectivity index (χ1v) is 10.2. The lowest BCUT2D eigenvalue weighted by Crippen LogP contribution is -3.27. The van der Waals surface area contributed by atoms with Crippen molar-refractivity contribution in [3.8, 4) is 11.5 Å². The van der Waals surface area contributed by atoms with Gasteiger partial charge in [0.1, 0.15) is 39.3 Å². The molecule has 0 aromatic heterocycles.